The van der Waals surface area contributed by atoms with Crippen molar-refractivity contribution in [1.82, 2.24) is 15.0 Å². The smallest absolute Gasteiger partial charge is 0.276 e. The van der Waals surface area contributed by atoms with Crippen molar-refractivity contribution in [2.75, 3.05) is 13.1 Å². The lowest BCUT2D eigenvalue weighted by Gasteiger charge is -2.15. The molecule has 21 heavy (non-hydrogen) atoms. The number of ether oxygens (including phenoxy) is 1. The molecule has 0 radical (unpaired) electrons. The molecule has 0 bridgehead atoms. The maximum atomic E-state index is 12.2. The van der Waals surface area contributed by atoms with Crippen molar-refractivity contribution in [3.05, 3.63) is 41.4 Å². The summed E-state index contributed by atoms with van der Waals surface area (Å²) in [6.07, 6.45) is 0.759. The van der Waals surface area contributed by atoms with Crippen molar-refractivity contribution in [1.29, 1.82) is 0 Å². The van der Waals surface area contributed by atoms with Crippen molar-refractivity contribution in [2.45, 2.75) is 26.4 Å². The average molecular weight is 287 g/mol. The molecular weight excluding hydrogens is 270 g/mol. The summed E-state index contributed by atoms with van der Waals surface area (Å²) < 4.78 is 10.8. The number of aromatic nitrogens is 2. The highest BCUT2D eigenvalue weighted by Gasteiger charge is 2.29. The highest BCUT2D eigenvalue weighted by atomic mass is 16.5. The first-order chi connectivity index (χ1) is 10.1. The van der Waals surface area contributed by atoms with Crippen LogP contribution in [-0.4, -0.2) is 40.1 Å². The quantitative estimate of drug-likeness (QED) is 0.863. The lowest BCUT2D eigenvalue weighted by atomic mass is 10.3. The molecule has 1 amide bonds. The van der Waals surface area contributed by atoms with E-state index < -0.39 is 0 Å². The number of aryl methyl sites for hydroxylation is 2. The predicted molar refractivity (Wildman–Crippen MR) is 75.2 cm³/mol. The van der Waals surface area contributed by atoms with Crippen molar-refractivity contribution in [3.63, 3.8) is 0 Å². The van der Waals surface area contributed by atoms with Gasteiger partial charge < -0.3 is 14.2 Å². The van der Waals surface area contributed by atoms with E-state index in [1.807, 2.05) is 25.1 Å². The minimum Gasteiger partial charge on any atom is -0.472 e. The first-order valence-corrected chi connectivity index (χ1v) is 6.95. The summed E-state index contributed by atoms with van der Waals surface area (Å²) in [6.45, 7) is 4.88. The Hall–Kier alpha value is -2.37. The van der Waals surface area contributed by atoms with Gasteiger partial charge in [0.1, 0.15) is 11.9 Å². The maximum absolute atomic E-state index is 12.2. The van der Waals surface area contributed by atoms with E-state index in [0.29, 0.717) is 30.4 Å². The second kappa shape index (κ2) is 5.55. The van der Waals surface area contributed by atoms with E-state index in [0.717, 1.165) is 12.1 Å². The third-order valence-electron chi connectivity index (χ3n) is 3.43. The van der Waals surface area contributed by atoms with Gasteiger partial charge in [0.05, 0.1) is 6.54 Å². The Bertz CT molecular complexity index is 653. The number of pyridine rings is 1. The highest BCUT2D eigenvalue weighted by Crippen LogP contribution is 2.18. The van der Waals surface area contributed by atoms with Crippen LogP contribution in [-0.2, 0) is 0 Å². The third kappa shape index (κ3) is 3.04. The van der Waals surface area contributed by atoms with Crippen molar-refractivity contribution >= 4 is 5.91 Å². The Morgan fingerprint density at radius 1 is 1.43 bits per heavy atom. The monoisotopic (exact) mass is 287 g/mol. The van der Waals surface area contributed by atoms with E-state index in [9.17, 15) is 4.79 Å². The Kier molecular flexibility index (Phi) is 3.60. The molecule has 1 fully saturated rings. The van der Waals surface area contributed by atoms with Gasteiger partial charge in [0.25, 0.3) is 5.91 Å². The largest absolute Gasteiger partial charge is 0.472 e. The van der Waals surface area contributed by atoms with Crippen LogP contribution in [0.2, 0.25) is 0 Å². The SMILES string of the molecule is Cc1cccc(OC2CCN(C(=O)c3cc(C)on3)C2)n1. The average Bonchev–Trinajstić information content (AvgIpc) is 3.07. The molecule has 0 spiro atoms. The molecule has 1 aliphatic heterocycles. The number of nitrogens with zero attached hydrogens (tertiary/aromatic N) is 3. The van der Waals surface area contributed by atoms with Gasteiger partial charge in [-0.3, -0.25) is 4.79 Å². The number of rotatable bonds is 3. The van der Waals surface area contributed by atoms with E-state index >= 15 is 0 Å². The van der Waals surface area contributed by atoms with Gasteiger partial charge >= 0.3 is 0 Å². The molecule has 0 N–H and O–H groups in total. The van der Waals surface area contributed by atoms with Gasteiger partial charge in [0, 0.05) is 30.8 Å². The summed E-state index contributed by atoms with van der Waals surface area (Å²) in [5, 5.41) is 3.76. The molecule has 2 aromatic heterocycles. The van der Waals surface area contributed by atoms with Gasteiger partial charge in [-0.15, -0.1) is 0 Å². The van der Waals surface area contributed by atoms with Gasteiger partial charge in [0.2, 0.25) is 5.88 Å². The molecule has 1 aliphatic rings. The van der Waals surface area contributed by atoms with E-state index in [-0.39, 0.29) is 12.0 Å². The van der Waals surface area contributed by atoms with Crippen LogP contribution in [0.5, 0.6) is 5.88 Å². The van der Waals surface area contributed by atoms with Crippen LogP contribution in [0.4, 0.5) is 0 Å². The number of amides is 1. The van der Waals surface area contributed by atoms with E-state index in [1.54, 1.807) is 17.9 Å². The van der Waals surface area contributed by atoms with Crippen LogP contribution in [0, 0.1) is 13.8 Å². The summed E-state index contributed by atoms with van der Waals surface area (Å²) in [7, 11) is 0. The van der Waals surface area contributed by atoms with E-state index in [1.165, 1.54) is 0 Å². The van der Waals surface area contributed by atoms with Gasteiger partial charge in [-0.25, -0.2) is 4.98 Å². The summed E-state index contributed by atoms with van der Waals surface area (Å²) >= 11 is 0. The number of carbonyl (C=O) groups excluding carboxylic acids is 1. The molecule has 1 atom stereocenters. The van der Waals surface area contributed by atoms with Crippen LogP contribution in [0.25, 0.3) is 0 Å². The Balaban J connectivity index is 1.61. The van der Waals surface area contributed by atoms with Crippen LogP contribution in [0.1, 0.15) is 28.4 Å². The molecule has 3 rings (SSSR count). The zero-order chi connectivity index (χ0) is 14.8. The number of likely N-dealkylation sites (tertiary alicyclic amines) is 1. The fourth-order valence-corrected chi connectivity index (χ4v) is 2.39. The molecule has 110 valence electrons. The fourth-order valence-electron chi connectivity index (χ4n) is 2.39. The second-order valence-electron chi connectivity index (χ2n) is 5.22. The minimum atomic E-state index is -0.116. The molecule has 3 heterocycles. The topological polar surface area (TPSA) is 68.5 Å². The molecule has 0 saturated carbocycles. The molecule has 0 aromatic carbocycles. The normalized spacial score (nSPS) is 18.0. The van der Waals surface area contributed by atoms with Gasteiger partial charge in [0.15, 0.2) is 5.69 Å². The van der Waals surface area contributed by atoms with Crippen LogP contribution >= 0.6 is 0 Å². The van der Waals surface area contributed by atoms with Crippen LogP contribution in [0.15, 0.2) is 28.8 Å². The molecular formula is C15H17N3O3. The summed E-state index contributed by atoms with van der Waals surface area (Å²) in [5.74, 6) is 1.12. The Morgan fingerprint density at radius 3 is 3.00 bits per heavy atom. The van der Waals surface area contributed by atoms with E-state index in [2.05, 4.69) is 10.1 Å². The van der Waals surface area contributed by atoms with Crippen molar-refractivity contribution in [2.24, 2.45) is 0 Å². The molecule has 1 unspecified atom stereocenters. The van der Waals surface area contributed by atoms with E-state index in [4.69, 9.17) is 9.26 Å². The van der Waals surface area contributed by atoms with Crippen LogP contribution in [0.3, 0.4) is 0 Å². The fraction of sp³-hybridized carbons (Fsp3) is 0.400. The lowest BCUT2D eigenvalue weighted by molar-refractivity contribution is 0.0761. The first-order valence-electron chi connectivity index (χ1n) is 6.95. The van der Waals surface area contributed by atoms with Crippen molar-refractivity contribution in [3.8, 4) is 5.88 Å². The number of hydrogen-bond acceptors (Lipinski definition) is 5. The zero-order valence-corrected chi connectivity index (χ0v) is 12.1. The molecule has 2 aromatic rings. The first kappa shape index (κ1) is 13.6. The Labute approximate surface area is 122 Å². The van der Waals surface area contributed by atoms with Crippen molar-refractivity contribution < 1.29 is 14.1 Å². The number of hydrogen-bond donors (Lipinski definition) is 0. The van der Waals surface area contributed by atoms with Gasteiger partial charge in [-0.2, -0.15) is 0 Å². The minimum absolute atomic E-state index is 0.0313. The summed E-state index contributed by atoms with van der Waals surface area (Å²) in [4.78, 5) is 18.3. The standard InChI is InChI=1S/C15H17N3O3/c1-10-4-3-5-14(16-10)20-12-6-7-18(9-12)15(19)13-8-11(2)21-17-13/h3-5,8,12H,6-7,9H2,1-2H3. The predicted octanol–water partition coefficient (Wildman–Crippen LogP) is 1.98. The number of carbonyl (C=O) groups is 1. The molecule has 6 heteroatoms. The lowest BCUT2D eigenvalue weighted by Crippen LogP contribution is -2.31. The van der Waals surface area contributed by atoms with Crippen LogP contribution < -0.4 is 4.74 Å². The molecule has 6 nitrogen and oxygen atoms in total. The molecule has 1 saturated heterocycles. The Morgan fingerprint density at radius 2 is 2.29 bits per heavy atom. The van der Waals surface area contributed by atoms with Gasteiger partial charge in [-0.05, 0) is 19.9 Å². The zero-order valence-electron chi connectivity index (χ0n) is 12.1. The highest BCUT2D eigenvalue weighted by molar-refractivity contribution is 5.92. The summed E-state index contributed by atoms with van der Waals surface area (Å²) in [5.41, 5.74) is 1.26. The molecule has 0 aliphatic carbocycles. The summed E-state index contributed by atoms with van der Waals surface area (Å²) in [6, 6.07) is 7.31. The maximum Gasteiger partial charge on any atom is 0.276 e. The second-order valence-corrected chi connectivity index (χ2v) is 5.22. The van der Waals surface area contributed by atoms with Gasteiger partial charge in [-0.1, -0.05) is 11.2 Å². The third-order valence-corrected chi connectivity index (χ3v) is 3.43.